The Labute approximate surface area is 159 Å². The number of anilines is 1. The molecule has 3 amide bonds. The van der Waals surface area contributed by atoms with Crippen molar-refractivity contribution in [1.29, 1.82) is 0 Å². The van der Waals surface area contributed by atoms with E-state index in [1.807, 2.05) is 49.4 Å². The number of carbonyl (C=O) groups is 3. The predicted octanol–water partition coefficient (Wildman–Crippen LogP) is 2.29. The van der Waals surface area contributed by atoms with Crippen LogP contribution in [0.4, 0.5) is 5.69 Å². The molecule has 0 radical (unpaired) electrons. The molecule has 0 unspecified atom stereocenters. The first-order valence-corrected chi connectivity index (χ1v) is 9.04. The molecule has 0 aliphatic carbocycles. The summed E-state index contributed by atoms with van der Waals surface area (Å²) in [6.07, 6.45) is 0. The first-order valence-electron chi connectivity index (χ1n) is 8.24. The number of fused-ring (bicyclic) bond motifs is 1. The lowest BCUT2D eigenvalue weighted by molar-refractivity contribution is -0.140. The van der Waals surface area contributed by atoms with E-state index in [2.05, 4.69) is 26.6 Å². The maximum absolute atomic E-state index is 12.6. The topological polar surface area (TPSA) is 78.5 Å². The molecule has 0 bridgehead atoms. The summed E-state index contributed by atoms with van der Waals surface area (Å²) in [5, 5.41) is 5.11. The number of nitrogens with zero attached hydrogens (tertiary/aromatic N) is 1. The van der Waals surface area contributed by atoms with Crippen molar-refractivity contribution >= 4 is 39.3 Å². The lowest BCUT2D eigenvalue weighted by Gasteiger charge is -2.15. The zero-order valence-electron chi connectivity index (χ0n) is 14.2. The molecule has 6 nitrogen and oxygen atoms in total. The van der Waals surface area contributed by atoms with Crippen LogP contribution in [-0.4, -0.2) is 24.3 Å². The maximum Gasteiger partial charge on any atom is 0.310 e. The second-order valence-electron chi connectivity index (χ2n) is 5.86. The number of halogens is 1. The van der Waals surface area contributed by atoms with Gasteiger partial charge in [-0.15, -0.1) is 0 Å². The van der Waals surface area contributed by atoms with E-state index >= 15 is 0 Å². The lowest BCUT2D eigenvalue weighted by atomic mass is 10.1. The maximum atomic E-state index is 12.6. The molecule has 0 aromatic heterocycles. The van der Waals surface area contributed by atoms with Gasteiger partial charge in [-0.25, -0.2) is 0 Å². The van der Waals surface area contributed by atoms with Gasteiger partial charge in [-0.3, -0.25) is 14.4 Å². The number of carbonyl (C=O) groups excluding carboxylic acids is 3. The van der Waals surface area contributed by atoms with Crippen molar-refractivity contribution in [3.05, 3.63) is 64.1 Å². The van der Waals surface area contributed by atoms with Crippen molar-refractivity contribution in [1.82, 2.24) is 10.6 Å². The Kier molecular flexibility index (Phi) is 5.37. The van der Waals surface area contributed by atoms with Crippen molar-refractivity contribution in [2.45, 2.75) is 19.5 Å². The van der Waals surface area contributed by atoms with Crippen LogP contribution >= 0.6 is 15.9 Å². The van der Waals surface area contributed by atoms with E-state index in [4.69, 9.17) is 0 Å². The van der Waals surface area contributed by atoms with Gasteiger partial charge in [0.15, 0.2) is 0 Å². The molecule has 1 atom stereocenters. The number of nitrogens with one attached hydrogen (secondary N) is 2. The molecule has 0 saturated heterocycles. The molecule has 1 heterocycles. The molecule has 0 saturated carbocycles. The fraction of sp³-hybridized carbons (Fsp3) is 0.211. The molecular weight excluding hydrogens is 398 g/mol. The Morgan fingerprint density at radius 3 is 2.54 bits per heavy atom. The zero-order valence-corrected chi connectivity index (χ0v) is 15.7. The van der Waals surface area contributed by atoms with Crippen LogP contribution in [0.5, 0.6) is 0 Å². The van der Waals surface area contributed by atoms with Crippen molar-refractivity contribution in [2.24, 2.45) is 0 Å². The fourth-order valence-corrected chi connectivity index (χ4v) is 3.31. The number of likely N-dealkylation sites (N-methyl/N-ethyl adjacent to an activating group) is 1. The third kappa shape index (κ3) is 3.62. The second kappa shape index (κ2) is 7.70. The molecular formula is C19H18BrN3O3. The summed E-state index contributed by atoms with van der Waals surface area (Å²) in [4.78, 5) is 38.5. The van der Waals surface area contributed by atoms with Crippen LogP contribution < -0.4 is 15.5 Å². The van der Waals surface area contributed by atoms with Crippen LogP contribution in [0.2, 0.25) is 0 Å². The van der Waals surface area contributed by atoms with E-state index in [1.54, 1.807) is 11.0 Å². The van der Waals surface area contributed by atoms with Crippen molar-refractivity contribution in [3.63, 3.8) is 0 Å². The number of hydrogen-bond donors (Lipinski definition) is 2. The normalized spacial score (nSPS) is 15.5. The van der Waals surface area contributed by atoms with Crippen molar-refractivity contribution < 1.29 is 14.4 Å². The fourth-order valence-electron chi connectivity index (χ4n) is 2.93. The highest BCUT2D eigenvalue weighted by Gasteiger charge is 2.38. The Balaban J connectivity index is 1.70. The SMILES string of the molecule is CCN1C(=O)[C@@H](NC(=O)C(=O)NCc2ccccc2)c2cc(Br)ccc21. The van der Waals surface area contributed by atoms with E-state index in [-0.39, 0.29) is 12.5 Å². The molecule has 134 valence electrons. The first-order chi connectivity index (χ1) is 12.5. The van der Waals surface area contributed by atoms with E-state index in [0.717, 1.165) is 15.7 Å². The monoisotopic (exact) mass is 415 g/mol. The van der Waals surface area contributed by atoms with Gasteiger partial charge in [-0.2, -0.15) is 0 Å². The minimum Gasteiger partial charge on any atom is -0.344 e. The zero-order chi connectivity index (χ0) is 18.7. The highest BCUT2D eigenvalue weighted by molar-refractivity contribution is 9.10. The molecule has 7 heteroatoms. The Hall–Kier alpha value is -2.67. The van der Waals surface area contributed by atoms with Crippen LogP contribution in [0.25, 0.3) is 0 Å². The van der Waals surface area contributed by atoms with Gasteiger partial charge in [0.2, 0.25) is 0 Å². The van der Waals surface area contributed by atoms with Crippen LogP contribution in [0, 0.1) is 0 Å². The van der Waals surface area contributed by atoms with E-state index in [0.29, 0.717) is 12.1 Å². The minimum atomic E-state index is -0.863. The van der Waals surface area contributed by atoms with Gasteiger partial charge in [-0.1, -0.05) is 46.3 Å². The summed E-state index contributed by atoms with van der Waals surface area (Å²) in [7, 11) is 0. The van der Waals surface area contributed by atoms with Gasteiger partial charge in [-0.05, 0) is 30.7 Å². The summed E-state index contributed by atoms with van der Waals surface area (Å²) in [5.74, 6) is -1.85. The van der Waals surface area contributed by atoms with Crippen LogP contribution in [0.3, 0.4) is 0 Å². The lowest BCUT2D eigenvalue weighted by Crippen LogP contribution is -2.44. The van der Waals surface area contributed by atoms with Gasteiger partial charge in [0.05, 0.1) is 0 Å². The molecule has 0 spiro atoms. The van der Waals surface area contributed by atoms with Gasteiger partial charge in [0.1, 0.15) is 6.04 Å². The molecule has 2 N–H and O–H groups in total. The summed E-state index contributed by atoms with van der Waals surface area (Å²) in [6.45, 7) is 2.59. The summed E-state index contributed by atoms with van der Waals surface area (Å²) in [6, 6.07) is 13.9. The van der Waals surface area contributed by atoms with Crippen LogP contribution in [-0.2, 0) is 20.9 Å². The number of hydrogen-bond acceptors (Lipinski definition) is 3. The van der Waals surface area contributed by atoms with Crippen LogP contribution in [0.1, 0.15) is 24.1 Å². The van der Waals surface area contributed by atoms with E-state index in [9.17, 15) is 14.4 Å². The van der Waals surface area contributed by atoms with Crippen LogP contribution in [0.15, 0.2) is 53.0 Å². The second-order valence-corrected chi connectivity index (χ2v) is 6.78. The third-order valence-electron chi connectivity index (χ3n) is 4.20. The first kappa shape index (κ1) is 18.1. The van der Waals surface area contributed by atoms with Gasteiger partial charge in [0.25, 0.3) is 5.91 Å². The number of rotatable bonds is 4. The summed E-state index contributed by atoms with van der Waals surface area (Å²) >= 11 is 3.38. The Morgan fingerprint density at radius 2 is 1.85 bits per heavy atom. The minimum absolute atomic E-state index is 0.245. The average molecular weight is 416 g/mol. The number of benzene rings is 2. The molecule has 1 aliphatic rings. The molecule has 1 aliphatic heterocycles. The van der Waals surface area contributed by atoms with E-state index in [1.165, 1.54) is 0 Å². The van der Waals surface area contributed by atoms with Gasteiger partial charge in [0, 0.05) is 28.8 Å². The molecule has 2 aromatic rings. The molecule has 26 heavy (non-hydrogen) atoms. The number of amides is 3. The van der Waals surface area contributed by atoms with Crippen molar-refractivity contribution in [3.8, 4) is 0 Å². The smallest absolute Gasteiger partial charge is 0.310 e. The Morgan fingerprint density at radius 1 is 1.12 bits per heavy atom. The highest BCUT2D eigenvalue weighted by Crippen LogP contribution is 2.37. The summed E-state index contributed by atoms with van der Waals surface area (Å²) in [5.41, 5.74) is 2.31. The highest BCUT2D eigenvalue weighted by atomic mass is 79.9. The molecule has 2 aromatic carbocycles. The predicted molar refractivity (Wildman–Crippen MR) is 101 cm³/mol. The Bertz CT molecular complexity index is 854. The average Bonchev–Trinajstić information content (AvgIpc) is 2.91. The molecule has 3 rings (SSSR count). The van der Waals surface area contributed by atoms with Crippen molar-refractivity contribution in [2.75, 3.05) is 11.4 Å². The largest absolute Gasteiger partial charge is 0.344 e. The van der Waals surface area contributed by atoms with E-state index < -0.39 is 17.9 Å². The summed E-state index contributed by atoms with van der Waals surface area (Å²) < 4.78 is 0.801. The quantitative estimate of drug-likeness (QED) is 0.751. The van der Waals surface area contributed by atoms with Gasteiger partial charge < -0.3 is 15.5 Å². The van der Waals surface area contributed by atoms with Gasteiger partial charge >= 0.3 is 11.8 Å². The molecule has 0 fully saturated rings. The third-order valence-corrected chi connectivity index (χ3v) is 4.69. The standard InChI is InChI=1S/C19H18BrN3O3/c1-2-23-15-9-8-13(20)10-14(15)16(19(23)26)22-18(25)17(24)21-11-12-6-4-3-5-7-12/h3-10,16H,2,11H2,1H3,(H,21,24)(H,22,25)/t16-/m0/s1.